The quantitative estimate of drug-likeness (QED) is 0.925. The van der Waals surface area contributed by atoms with Crippen LogP contribution < -0.4 is 5.73 Å². The van der Waals surface area contributed by atoms with Gasteiger partial charge < -0.3 is 10.5 Å². The lowest BCUT2D eigenvalue weighted by Crippen LogP contribution is -2.30. The molecule has 110 valence electrons. The van der Waals surface area contributed by atoms with Gasteiger partial charge in [0.25, 0.3) is 0 Å². The molecular formula is C13H21Cl2FN2O. The fourth-order valence-corrected chi connectivity index (χ4v) is 2.41. The Labute approximate surface area is 126 Å². The van der Waals surface area contributed by atoms with Crippen LogP contribution in [-0.4, -0.2) is 44.3 Å². The highest BCUT2D eigenvalue weighted by atomic mass is 35.5. The number of ether oxygens (including phenoxy) is 1. The highest BCUT2D eigenvalue weighted by Gasteiger charge is 2.30. The molecule has 0 bridgehead atoms. The maximum absolute atomic E-state index is 13.2. The summed E-state index contributed by atoms with van der Waals surface area (Å²) in [5, 5.41) is 0. The van der Waals surface area contributed by atoms with E-state index >= 15 is 0 Å². The SMILES string of the molecule is COCCN1CC(N)C(c2cccc(F)c2)C1.Cl.Cl. The minimum atomic E-state index is -0.190. The van der Waals surface area contributed by atoms with Gasteiger partial charge in [0.2, 0.25) is 0 Å². The van der Waals surface area contributed by atoms with E-state index in [1.807, 2.05) is 6.07 Å². The molecule has 2 atom stereocenters. The summed E-state index contributed by atoms with van der Waals surface area (Å²) in [6.45, 7) is 3.33. The van der Waals surface area contributed by atoms with E-state index in [1.54, 1.807) is 19.2 Å². The van der Waals surface area contributed by atoms with E-state index in [2.05, 4.69) is 4.90 Å². The molecule has 1 saturated heterocycles. The molecule has 0 spiro atoms. The van der Waals surface area contributed by atoms with Crippen LogP contribution in [0, 0.1) is 5.82 Å². The zero-order valence-corrected chi connectivity index (χ0v) is 12.6. The van der Waals surface area contributed by atoms with Gasteiger partial charge in [-0.3, -0.25) is 4.90 Å². The van der Waals surface area contributed by atoms with E-state index in [0.29, 0.717) is 6.61 Å². The second kappa shape index (κ2) is 8.72. The topological polar surface area (TPSA) is 38.5 Å². The van der Waals surface area contributed by atoms with Crippen molar-refractivity contribution in [1.29, 1.82) is 0 Å². The van der Waals surface area contributed by atoms with Crippen LogP contribution in [0.1, 0.15) is 11.5 Å². The van der Waals surface area contributed by atoms with Crippen molar-refractivity contribution >= 4 is 24.8 Å². The van der Waals surface area contributed by atoms with Gasteiger partial charge in [-0.25, -0.2) is 4.39 Å². The van der Waals surface area contributed by atoms with Gasteiger partial charge in [-0.05, 0) is 17.7 Å². The molecule has 1 heterocycles. The lowest BCUT2D eigenvalue weighted by molar-refractivity contribution is 0.160. The number of nitrogens with zero attached hydrogens (tertiary/aromatic N) is 1. The minimum absolute atomic E-state index is 0. The maximum atomic E-state index is 13.2. The molecule has 2 N–H and O–H groups in total. The number of hydrogen-bond acceptors (Lipinski definition) is 3. The number of benzene rings is 1. The Hall–Kier alpha value is -0.390. The first-order valence-electron chi connectivity index (χ1n) is 5.93. The van der Waals surface area contributed by atoms with Gasteiger partial charge in [0.1, 0.15) is 5.82 Å². The molecule has 2 unspecified atom stereocenters. The van der Waals surface area contributed by atoms with Crippen molar-refractivity contribution in [1.82, 2.24) is 4.90 Å². The number of methoxy groups -OCH3 is 1. The van der Waals surface area contributed by atoms with Crippen molar-refractivity contribution in [2.24, 2.45) is 5.73 Å². The molecule has 2 rings (SSSR count). The summed E-state index contributed by atoms with van der Waals surface area (Å²) >= 11 is 0. The molecule has 0 aliphatic carbocycles. The molecule has 19 heavy (non-hydrogen) atoms. The Morgan fingerprint density at radius 1 is 1.37 bits per heavy atom. The Kier molecular flexibility index (Phi) is 8.54. The van der Waals surface area contributed by atoms with Gasteiger partial charge in [-0.2, -0.15) is 0 Å². The maximum Gasteiger partial charge on any atom is 0.123 e. The molecule has 0 amide bonds. The second-order valence-corrected chi connectivity index (χ2v) is 4.58. The smallest absolute Gasteiger partial charge is 0.123 e. The first-order chi connectivity index (χ1) is 8.20. The molecule has 1 aromatic rings. The summed E-state index contributed by atoms with van der Waals surface area (Å²) in [5.41, 5.74) is 7.12. The van der Waals surface area contributed by atoms with Gasteiger partial charge in [-0.15, -0.1) is 24.8 Å². The molecule has 1 aliphatic heterocycles. The summed E-state index contributed by atoms with van der Waals surface area (Å²) in [5.74, 6) is 0.0348. The molecule has 6 heteroatoms. The van der Waals surface area contributed by atoms with Gasteiger partial charge in [0.05, 0.1) is 6.61 Å². The Morgan fingerprint density at radius 3 is 2.74 bits per heavy atom. The summed E-state index contributed by atoms with van der Waals surface area (Å²) in [7, 11) is 1.69. The van der Waals surface area contributed by atoms with Crippen molar-refractivity contribution in [3.05, 3.63) is 35.6 Å². The summed E-state index contributed by atoms with van der Waals surface area (Å²) in [4.78, 5) is 2.27. The zero-order valence-electron chi connectivity index (χ0n) is 10.9. The average Bonchev–Trinajstić information content (AvgIpc) is 2.68. The van der Waals surface area contributed by atoms with E-state index in [4.69, 9.17) is 10.5 Å². The monoisotopic (exact) mass is 310 g/mol. The molecule has 0 aromatic heterocycles. The highest BCUT2D eigenvalue weighted by molar-refractivity contribution is 5.85. The van der Waals surface area contributed by atoms with E-state index in [0.717, 1.165) is 25.2 Å². The van der Waals surface area contributed by atoms with Crippen LogP contribution in [0.2, 0.25) is 0 Å². The van der Waals surface area contributed by atoms with Crippen molar-refractivity contribution in [2.45, 2.75) is 12.0 Å². The van der Waals surface area contributed by atoms with Crippen LogP contribution in [0.3, 0.4) is 0 Å². The number of halogens is 3. The van der Waals surface area contributed by atoms with Crippen LogP contribution in [0.4, 0.5) is 4.39 Å². The Bertz CT molecular complexity index is 381. The molecule has 1 aromatic carbocycles. The zero-order chi connectivity index (χ0) is 12.3. The minimum Gasteiger partial charge on any atom is -0.383 e. The number of likely N-dealkylation sites (tertiary alicyclic amines) is 1. The van der Waals surface area contributed by atoms with Crippen LogP contribution >= 0.6 is 24.8 Å². The Morgan fingerprint density at radius 2 is 2.11 bits per heavy atom. The normalized spacial score (nSPS) is 22.7. The summed E-state index contributed by atoms with van der Waals surface area (Å²) < 4.78 is 18.2. The number of rotatable bonds is 4. The largest absolute Gasteiger partial charge is 0.383 e. The van der Waals surface area contributed by atoms with Crippen LogP contribution in [0.15, 0.2) is 24.3 Å². The molecular weight excluding hydrogens is 290 g/mol. The van der Waals surface area contributed by atoms with E-state index in [9.17, 15) is 4.39 Å². The Balaban J connectivity index is 0.00000162. The van der Waals surface area contributed by atoms with Crippen molar-refractivity contribution in [2.75, 3.05) is 33.4 Å². The van der Waals surface area contributed by atoms with Gasteiger partial charge in [0.15, 0.2) is 0 Å². The van der Waals surface area contributed by atoms with E-state index in [1.165, 1.54) is 6.07 Å². The van der Waals surface area contributed by atoms with Gasteiger partial charge >= 0.3 is 0 Å². The predicted molar refractivity (Wildman–Crippen MR) is 79.9 cm³/mol. The molecule has 1 aliphatic rings. The van der Waals surface area contributed by atoms with Crippen molar-refractivity contribution < 1.29 is 9.13 Å². The van der Waals surface area contributed by atoms with Crippen LogP contribution in [-0.2, 0) is 4.74 Å². The van der Waals surface area contributed by atoms with E-state index < -0.39 is 0 Å². The third-order valence-corrected chi connectivity index (χ3v) is 3.33. The number of nitrogens with two attached hydrogens (primary N) is 1. The van der Waals surface area contributed by atoms with Gasteiger partial charge in [0, 0.05) is 38.7 Å². The van der Waals surface area contributed by atoms with Crippen molar-refractivity contribution in [3.8, 4) is 0 Å². The number of hydrogen-bond donors (Lipinski definition) is 1. The standard InChI is InChI=1S/C13H19FN2O.2ClH/c1-17-6-5-16-8-12(13(15)9-16)10-3-2-4-11(14)7-10;;/h2-4,7,12-13H,5-6,8-9,15H2,1H3;2*1H. The lowest BCUT2D eigenvalue weighted by Gasteiger charge is -2.15. The van der Waals surface area contributed by atoms with E-state index in [-0.39, 0.29) is 42.6 Å². The van der Waals surface area contributed by atoms with Crippen LogP contribution in [0.5, 0.6) is 0 Å². The summed E-state index contributed by atoms with van der Waals surface area (Å²) in [6.07, 6.45) is 0. The molecule has 0 radical (unpaired) electrons. The predicted octanol–water partition coefficient (Wildman–Crippen LogP) is 2.04. The third-order valence-electron chi connectivity index (χ3n) is 3.33. The fraction of sp³-hybridized carbons (Fsp3) is 0.538. The fourth-order valence-electron chi connectivity index (χ4n) is 2.41. The third kappa shape index (κ3) is 4.89. The highest BCUT2D eigenvalue weighted by Crippen LogP contribution is 2.26. The van der Waals surface area contributed by atoms with Crippen LogP contribution in [0.25, 0.3) is 0 Å². The lowest BCUT2D eigenvalue weighted by atomic mass is 9.95. The second-order valence-electron chi connectivity index (χ2n) is 4.58. The first-order valence-corrected chi connectivity index (χ1v) is 5.93. The van der Waals surface area contributed by atoms with Gasteiger partial charge in [-0.1, -0.05) is 12.1 Å². The molecule has 3 nitrogen and oxygen atoms in total. The first kappa shape index (κ1) is 18.6. The molecule has 0 saturated carbocycles. The average molecular weight is 311 g/mol. The molecule has 1 fully saturated rings. The van der Waals surface area contributed by atoms with Crippen molar-refractivity contribution in [3.63, 3.8) is 0 Å². The summed E-state index contributed by atoms with van der Waals surface area (Å²) in [6, 6.07) is 6.83.